The van der Waals surface area contributed by atoms with Gasteiger partial charge >= 0.3 is 5.97 Å². The largest absolute Gasteiger partial charge is 0.508 e. The Morgan fingerprint density at radius 3 is 2.09 bits per heavy atom. The van der Waals surface area contributed by atoms with E-state index in [0.717, 1.165) is 11.1 Å². The number of ketones is 4. The Kier molecular flexibility index (Phi) is 29.3. The number of aliphatic carboxylic acids is 1. The zero-order valence-electron chi connectivity index (χ0n) is 53.9. The molecule has 0 radical (unpaired) electrons. The first-order chi connectivity index (χ1) is 44.3. The van der Waals surface area contributed by atoms with Crippen LogP contribution in [-0.4, -0.2) is 164 Å². The fourth-order valence-electron chi connectivity index (χ4n) is 13.1. The number of Topliss-reactive ketones (excluding diaryl/α,β-unsaturated/α-hetero) is 4. The van der Waals surface area contributed by atoms with Gasteiger partial charge in [0, 0.05) is 92.9 Å². The van der Waals surface area contributed by atoms with E-state index in [-0.39, 0.29) is 98.3 Å². The lowest BCUT2D eigenvalue weighted by atomic mass is 9.72. The maximum Gasteiger partial charge on any atom is 0.303 e. The first kappa shape index (κ1) is 74.8. The maximum atomic E-state index is 15.2. The summed E-state index contributed by atoms with van der Waals surface area (Å²) in [7, 11) is 0. The SMILES string of the molecule is CC[C@H](C)C(NC(C)=O)C(=O)N1CCC[C@H]1C(=O)N1CCC[C@H]1C(=O)C[C@@H](CCCCN)C(=O)N[C@@H](Cc1ccc(O)cc1)C(=O)C[C@H]1CSCc2cccc(c2)CSC[C@@H](C(N)=O)C2CC(C)CC(NC(=O)[C@H](CCC(N)=O)CC(=O)[C@H](CCC(=O)O)NC1=O)C2=O. The number of carbonyl (C=O) groups is 13. The van der Waals surface area contributed by atoms with Gasteiger partial charge < -0.3 is 58.5 Å². The molecule has 0 aromatic heterocycles. The van der Waals surface area contributed by atoms with Crippen molar-refractivity contribution in [1.29, 1.82) is 0 Å². The fourth-order valence-corrected chi connectivity index (χ4v) is 15.4. The van der Waals surface area contributed by atoms with E-state index in [1.54, 1.807) is 12.1 Å². The number of aromatic hydroxyl groups is 1. The van der Waals surface area contributed by atoms with Gasteiger partial charge in [0.25, 0.3) is 0 Å². The van der Waals surface area contributed by atoms with Crippen molar-refractivity contribution in [1.82, 2.24) is 31.1 Å². The average Bonchev–Trinajstić information content (AvgIpc) is 1.77. The molecule has 3 heterocycles. The van der Waals surface area contributed by atoms with Crippen molar-refractivity contribution in [2.24, 2.45) is 58.6 Å². The van der Waals surface area contributed by atoms with Crippen LogP contribution in [-0.2, 0) is 80.3 Å². The molecule has 1 aliphatic carbocycles. The quantitative estimate of drug-likeness (QED) is 0.0605. The van der Waals surface area contributed by atoms with Gasteiger partial charge in [0.1, 0.15) is 17.8 Å². The summed E-state index contributed by atoms with van der Waals surface area (Å²) < 4.78 is 0. The highest BCUT2D eigenvalue weighted by atomic mass is 32.2. The van der Waals surface area contributed by atoms with Crippen LogP contribution in [0, 0.1) is 41.4 Å². The third kappa shape index (κ3) is 22.2. The van der Waals surface area contributed by atoms with Gasteiger partial charge in [0.05, 0.1) is 36.0 Å². The van der Waals surface area contributed by atoms with Crippen LogP contribution < -0.4 is 38.5 Å². The third-order valence-corrected chi connectivity index (χ3v) is 20.8. The van der Waals surface area contributed by atoms with Gasteiger partial charge in [0.2, 0.25) is 47.3 Å². The smallest absolute Gasteiger partial charge is 0.303 e. The molecule has 13 atom stereocenters. The number of primary amides is 2. The van der Waals surface area contributed by atoms with Gasteiger partial charge in [-0.1, -0.05) is 70.0 Å². The molecule has 12 N–H and O–H groups in total. The zero-order chi connectivity index (χ0) is 68.1. The van der Waals surface area contributed by atoms with E-state index in [4.69, 9.17) is 17.2 Å². The number of fused-ring (bicyclic) bond motifs is 4. The minimum Gasteiger partial charge on any atom is -0.508 e. The van der Waals surface area contributed by atoms with E-state index in [9.17, 15) is 67.7 Å². The molecular formula is C67H95N9O15S2. The van der Waals surface area contributed by atoms with E-state index in [1.807, 2.05) is 45.0 Å². The van der Waals surface area contributed by atoms with Crippen molar-refractivity contribution in [2.45, 2.75) is 191 Å². The van der Waals surface area contributed by atoms with Gasteiger partial charge in [0.15, 0.2) is 23.1 Å². The Labute approximate surface area is 552 Å². The van der Waals surface area contributed by atoms with Crippen molar-refractivity contribution in [3.63, 3.8) is 0 Å². The summed E-state index contributed by atoms with van der Waals surface area (Å²) >= 11 is 2.71. The number of nitrogens with zero attached hydrogens (tertiary/aromatic N) is 2. The minimum absolute atomic E-state index is 0.0389. The number of rotatable bonds is 26. The Bertz CT molecular complexity index is 3020. The molecule has 2 aromatic rings. The molecule has 93 heavy (non-hydrogen) atoms. The van der Waals surface area contributed by atoms with Gasteiger partial charge in [-0.05, 0) is 118 Å². The second-order valence-electron chi connectivity index (χ2n) is 25.8. The first-order valence-electron chi connectivity index (χ1n) is 32.7. The second kappa shape index (κ2) is 36.5. The van der Waals surface area contributed by atoms with Gasteiger partial charge in [-0.25, -0.2) is 0 Å². The standard InChI is InChI=1S/C67H95N9O15S2/c1-5-39(3)60(71-40(4)77)67(91)76-26-10-15-54(76)66(90)75-25-9-14-53(75)57(81)32-44(13-6-7-24-68)63(87)73-51(30-41-16-19-47(78)20-17-41)56(80)33-46-36-92-34-42-11-8-12-43(29-42)35-93-37-49(62(70)86)48-27-38(2)28-52(61(48)85)74-64(88)45(18-22-58(69)82)31-55(79)50(72-65(46)89)21-23-59(83)84/h8,11-12,16-17,19-20,29,38-39,44-46,48-54,60,78H,5-7,9-10,13-15,18,21-28,30-37,68H2,1-4H3,(H2,69,82)(H2,70,86)(H,71,77)(H,72,89)(H,73,87)(H,74,88)(H,83,84)/t38?,39-,44+,45+,46-,48?,49+,50-,51-,52?,53-,54-,60?/m0/s1. The number of nitrogens with two attached hydrogens (primary N) is 3. The highest BCUT2D eigenvalue weighted by Gasteiger charge is 2.46. The molecule has 0 spiro atoms. The maximum absolute atomic E-state index is 15.2. The van der Waals surface area contributed by atoms with Crippen molar-refractivity contribution in [3.05, 3.63) is 65.2 Å². The van der Waals surface area contributed by atoms with Crippen molar-refractivity contribution in [3.8, 4) is 5.75 Å². The van der Waals surface area contributed by atoms with Crippen LogP contribution in [0.5, 0.6) is 5.75 Å². The normalized spacial score (nSPS) is 24.8. The van der Waals surface area contributed by atoms with Crippen LogP contribution in [0.15, 0.2) is 48.5 Å². The summed E-state index contributed by atoms with van der Waals surface area (Å²) in [5.41, 5.74) is 19.6. The molecule has 6 rings (SSSR count). The summed E-state index contributed by atoms with van der Waals surface area (Å²) in [6.07, 6.45) is 0.698. The predicted octanol–water partition coefficient (Wildman–Crippen LogP) is 3.80. The zero-order valence-corrected chi connectivity index (χ0v) is 55.6. The number of amides is 8. The van der Waals surface area contributed by atoms with E-state index in [1.165, 1.54) is 52.4 Å². The summed E-state index contributed by atoms with van der Waals surface area (Å²) in [6.45, 7) is 7.79. The number of hydrogen-bond donors (Lipinski definition) is 9. The Morgan fingerprint density at radius 2 is 1.45 bits per heavy atom. The molecule has 8 amide bonds. The molecule has 2 aromatic carbocycles. The molecule has 1 saturated carbocycles. The van der Waals surface area contributed by atoms with E-state index >= 15 is 4.79 Å². The lowest BCUT2D eigenvalue weighted by molar-refractivity contribution is -0.148. The topological polar surface area (TPSA) is 395 Å². The number of benzene rings is 2. The highest BCUT2D eigenvalue weighted by molar-refractivity contribution is 7.98. The number of thioether (sulfide) groups is 2. The number of carboxylic acid groups (broad SMARTS) is 1. The minimum atomic E-state index is -1.54. The molecule has 4 aliphatic rings. The average molecular weight is 1330 g/mol. The number of unbranched alkanes of at least 4 members (excludes halogenated alkanes) is 1. The van der Waals surface area contributed by atoms with Crippen molar-refractivity contribution in [2.75, 3.05) is 31.1 Å². The molecule has 2 saturated heterocycles. The summed E-state index contributed by atoms with van der Waals surface area (Å²) in [6, 6.07) is 6.94. The van der Waals surface area contributed by atoms with Crippen molar-refractivity contribution < 1.29 is 72.5 Å². The molecule has 24 nitrogen and oxygen atoms in total. The first-order valence-corrected chi connectivity index (χ1v) is 35.0. The molecule has 4 bridgehead atoms. The molecule has 3 fully saturated rings. The number of carbonyl (C=O) groups excluding carboxylic acids is 12. The summed E-state index contributed by atoms with van der Waals surface area (Å²) in [4.78, 5) is 184. The van der Waals surface area contributed by atoms with Crippen molar-refractivity contribution >= 4 is 99.9 Å². The van der Waals surface area contributed by atoms with Gasteiger partial charge in [-0.2, -0.15) is 23.5 Å². The number of nitrogens with one attached hydrogen (secondary N) is 4. The number of phenolic OH excluding ortho intramolecular Hbond substituents is 1. The lowest BCUT2D eigenvalue weighted by Crippen LogP contribution is -2.56. The van der Waals surface area contributed by atoms with Crippen LogP contribution in [0.25, 0.3) is 0 Å². The van der Waals surface area contributed by atoms with E-state index in [2.05, 4.69) is 21.3 Å². The number of hydrogen-bond acceptors (Lipinski definition) is 17. The lowest BCUT2D eigenvalue weighted by Gasteiger charge is -2.36. The van der Waals surface area contributed by atoms with Gasteiger partial charge in [-0.3, -0.25) is 62.3 Å². The Balaban J connectivity index is 1.30. The van der Waals surface area contributed by atoms with Crippen LogP contribution >= 0.6 is 23.5 Å². The molecule has 26 heteroatoms. The van der Waals surface area contributed by atoms with E-state index in [0.29, 0.717) is 75.0 Å². The highest BCUT2D eigenvalue weighted by Crippen LogP contribution is 2.35. The number of likely N-dealkylation sites (tertiary alicyclic amines) is 2. The van der Waals surface area contributed by atoms with Crippen LogP contribution in [0.3, 0.4) is 0 Å². The molecule has 3 aliphatic heterocycles. The van der Waals surface area contributed by atoms with Crippen LogP contribution in [0.4, 0.5) is 0 Å². The Hall–Kier alpha value is -7.19. The van der Waals surface area contributed by atoms with E-state index < -0.39 is 150 Å². The molecule has 4 unspecified atom stereocenters. The predicted molar refractivity (Wildman–Crippen MR) is 350 cm³/mol. The summed E-state index contributed by atoms with van der Waals surface area (Å²) in [5, 5.41) is 31.3. The Morgan fingerprint density at radius 1 is 0.796 bits per heavy atom. The second-order valence-corrected chi connectivity index (χ2v) is 27.8. The van der Waals surface area contributed by atoms with Crippen LogP contribution in [0.1, 0.15) is 154 Å². The summed E-state index contributed by atoms with van der Waals surface area (Å²) in [5.74, 6) is -13.1. The monoisotopic (exact) mass is 1330 g/mol. The molecular weight excluding hydrogens is 1230 g/mol. The molecule has 510 valence electrons. The van der Waals surface area contributed by atoms with Gasteiger partial charge in [-0.15, -0.1) is 0 Å². The fraction of sp³-hybridized carbons (Fsp3) is 0.627. The number of phenols is 1. The number of carboxylic acids is 1. The van der Waals surface area contributed by atoms with Crippen LogP contribution in [0.2, 0.25) is 0 Å². The third-order valence-electron chi connectivity index (χ3n) is 18.5.